The summed E-state index contributed by atoms with van der Waals surface area (Å²) in [6.45, 7) is 0.890. The van der Waals surface area contributed by atoms with Gasteiger partial charge in [0.15, 0.2) is 0 Å². The number of amides is 2. The molecule has 1 atom stereocenters. The van der Waals surface area contributed by atoms with Gasteiger partial charge in [0.05, 0.1) is 12.5 Å². The van der Waals surface area contributed by atoms with Crippen LogP contribution < -0.4 is 5.32 Å². The summed E-state index contributed by atoms with van der Waals surface area (Å²) in [5.41, 5.74) is 1.11. The minimum Gasteiger partial charge on any atom is -0.351 e. The van der Waals surface area contributed by atoms with E-state index in [-0.39, 0.29) is 12.3 Å². The van der Waals surface area contributed by atoms with Gasteiger partial charge in [0.1, 0.15) is 0 Å². The zero-order valence-electron chi connectivity index (χ0n) is 12.6. The van der Waals surface area contributed by atoms with Crippen molar-refractivity contribution in [3.8, 4) is 0 Å². The second-order valence-electron chi connectivity index (χ2n) is 5.66. The fourth-order valence-corrected chi connectivity index (χ4v) is 2.55. The summed E-state index contributed by atoms with van der Waals surface area (Å²) in [7, 11) is 0. The molecule has 0 aromatic heterocycles. The number of nitrogens with zero attached hydrogens (tertiary/aromatic N) is 1. The Morgan fingerprint density at radius 2 is 1.96 bits per heavy atom. The van der Waals surface area contributed by atoms with Crippen LogP contribution in [0, 0.1) is 0 Å². The van der Waals surface area contributed by atoms with E-state index in [9.17, 15) is 22.8 Å². The van der Waals surface area contributed by atoms with Gasteiger partial charge < -0.3 is 10.2 Å². The summed E-state index contributed by atoms with van der Waals surface area (Å²) < 4.78 is 36.2. The lowest BCUT2D eigenvalue weighted by Gasteiger charge is -2.17. The highest BCUT2D eigenvalue weighted by Crippen LogP contribution is 2.21. The lowest BCUT2D eigenvalue weighted by molar-refractivity contribution is -0.144. The highest BCUT2D eigenvalue weighted by molar-refractivity contribution is 5.82. The topological polar surface area (TPSA) is 49.4 Å². The Morgan fingerprint density at radius 1 is 1.26 bits per heavy atom. The molecule has 1 fully saturated rings. The molecule has 1 aromatic rings. The first-order chi connectivity index (χ1) is 10.8. The molecule has 2 amide bonds. The van der Waals surface area contributed by atoms with Crippen molar-refractivity contribution in [3.63, 3.8) is 0 Å². The van der Waals surface area contributed by atoms with Gasteiger partial charge in [0.25, 0.3) is 0 Å². The summed E-state index contributed by atoms with van der Waals surface area (Å²) in [6, 6.07) is 9.29. The first-order valence-electron chi connectivity index (χ1n) is 7.51. The van der Waals surface area contributed by atoms with Crippen molar-refractivity contribution >= 4 is 11.8 Å². The molecule has 1 saturated heterocycles. The van der Waals surface area contributed by atoms with E-state index in [1.54, 1.807) is 4.90 Å². The van der Waals surface area contributed by atoms with E-state index in [0.717, 1.165) is 5.56 Å². The zero-order chi connectivity index (χ0) is 16.9. The Kier molecular flexibility index (Phi) is 5.63. The smallest absolute Gasteiger partial charge is 0.351 e. The van der Waals surface area contributed by atoms with Crippen LogP contribution in [0.5, 0.6) is 0 Å². The molecule has 1 aliphatic heterocycles. The predicted molar refractivity (Wildman–Crippen MR) is 78.6 cm³/mol. The maximum absolute atomic E-state index is 12.1. The van der Waals surface area contributed by atoms with Gasteiger partial charge in [0, 0.05) is 25.9 Å². The van der Waals surface area contributed by atoms with Crippen molar-refractivity contribution in [1.29, 1.82) is 0 Å². The van der Waals surface area contributed by atoms with Gasteiger partial charge in [-0.25, -0.2) is 0 Å². The van der Waals surface area contributed by atoms with Crippen LogP contribution in [-0.2, 0) is 16.0 Å². The summed E-state index contributed by atoms with van der Waals surface area (Å²) >= 11 is 0. The summed E-state index contributed by atoms with van der Waals surface area (Å²) in [5.74, 6) is -0.743. The quantitative estimate of drug-likeness (QED) is 0.871. The van der Waals surface area contributed by atoms with E-state index in [2.05, 4.69) is 5.32 Å². The van der Waals surface area contributed by atoms with E-state index in [0.29, 0.717) is 19.5 Å². The van der Waals surface area contributed by atoms with Gasteiger partial charge in [-0.15, -0.1) is 0 Å². The van der Waals surface area contributed by atoms with E-state index >= 15 is 0 Å². The molecule has 23 heavy (non-hydrogen) atoms. The second kappa shape index (κ2) is 7.48. The van der Waals surface area contributed by atoms with Gasteiger partial charge in [0.2, 0.25) is 11.8 Å². The number of hydrogen-bond donors (Lipinski definition) is 1. The molecule has 0 spiro atoms. The molecular weight excluding hydrogens is 309 g/mol. The number of carbonyl (C=O) groups excluding carboxylic acids is 2. The number of carbonyl (C=O) groups is 2. The summed E-state index contributed by atoms with van der Waals surface area (Å²) in [4.78, 5) is 25.0. The molecule has 1 aromatic carbocycles. The second-order valence-corrected chi connectivity index (χ2v) is 5.66. The van der Waals surface area contributed by atoms with Crippen molar-refractivity contribution in [2.75, 3.05) is 13.1 Å². The van der Waals surface area contributed by atoms with Crippen LogP contribution in [0.15, 0.2) is 30.3 Å². The van der Waals surface area contributed by atoms with Crippen LogP contribution in [-0.4, -0.2) is 42.0 Å². The molecule has 2 rings (SSSR count). The largest absolute Gasteiger partial charge is 0.389 e. The Hall–Kier alpha value is -2.05. The lowest BCUT2D eigenvalue weighted by Crippen LogP contribution is -2.37. The third kappa shape index (κ3) is 5.92. The molecule has 0 aliphatic carbocycles. The Labute approximate surface area is 132 Å². The van der Waals surface area contributed by atoms with Crippen molar-refractivity contribution in [2.24, 2.45) is 0 Å². The molecule has 126 valence electrons. The number of nitrogens with one attached hydrogen (secondary N) is 1. The van der Waals surface area contributed by atoms with Crippen molar-refractivity contribution in [3.05, 3.63) is 35.9 Å². The molecule has 1 aliphatic rings. The maximum atomic E-state index is 12.1. The van der Waals surface area contributed by atoms with Gasteiger partial charge >= 0.3 is 6.18 Å². The third-order valence-electron chi connectivity index (χ3n) is 3.73. The number of rotatable bonds is 6. The van der Waals surface area contributed by atoms with E-state index in [1.807, 2.05) is 30.3 Å². The highest BCUT2D eigenvalue weighted by Gasteiger charge is 2.32. The SMILES string of the molecule is O=C(CCC(F)(F)F)NC1CC(=O)N(CCc2ccccc2)C1. The number of halogens is 3. The monoisotopic (exact) mass is 328 g/mol. The van der Waals surface area contributed by atoms with Crippen LogP contribution in [0.2, 0.25) is 0 Å². The standard InChI is InChI=1S/C16H19F3N2O2/c17-16(18,19)8-6-14(22)20-13-10-15(23)21(11-13)9-7-12-4-2-1-3-5-12/h1-5,13H,6-11H2,(H,20,22). The number of hydrogen-bond acceptors (Lipinski definition) is 2. The Bertz CT molecular complexity index is 546. The molecule has 4 nitrogen and oxygen atoms in total. The van der Waals surface area contributed by atoms with E-state index in [1.165, 1.54) is 0 Å². The first-order valence-corrected chi connectivity index (χ1v) is 7.51. The minimum atomic E-state index is -4.34. The van der Waals surface area contributed by atoms with Crippen LogP contribution >= 0.6 is 0 Å². The highest BCUT2D eigenvalue weighted by atomic mass is 19.4. The normalized spacial score (nSPS) is 18.3. The molecule has 1 heterocycles. The van der Waals surface area contributed by atoms with Crippen molar-refractivity contribution in [2.45, 2.75) is 37.9 Å². The van der Waals surface area contributed by atoms with Gasteiger partial charge in [-0.3, -0.25) is 9.59 Å². The van der Waals surface area contributed by atoms with Crippen LogP contribution in [0.1, 0.15) is 24.8 Å². The number of alkyl halides is 3. The molecule has 0 bridgehead atoms. The summed E-state index contributed by atoms with van der Waals surface area (Å²) in [5, 5.41) is 2.51. The zero-order valence-corrected chi connectivity index (χ0v) is 12.6. The maximum Gasteiger partial charge on any atom is 0.389 e. The Balaban J connectivity index is 1.75. The van der Waals surface area contributed by atoms with Crippen molar-refractivity contribution in [1.82, 2.24) is 10.2 Å². The molecular formula is C16H19F3N2O2. The van der Waals surface area contributed by atoms with Crippen molar-refractivity contribution < 1.29 is 22.8 Å². The fraction of sp³-hybridized carbons (Fsp3) is 0.500. The van der Waals surface area contributed by atoms with Crippen LogP contribution in [0.4, 0.5) is 13.2 Å². The predicted octanol–water partition coefficient (Wildman–Crippen LogP) is 2.29. The van der Waals surface area contributed by atoms with E-state index < -0.39 is 31.0 Å². The number of benzene rings is 1. The number of likely N-dealkylation sites (tertiary alicyclic amines) is 1. The molecule has 0 saturated carbocycles. The molecule has 1 unspecified atom stereocenters. The van der Waals surface area contributed by atoms with Gasteiger partial charge in [-0.1, -0.05) is 30.3 Å². The molecule has 7 heteroatoms. The third-order valence-corrected chi connectivity index (χ3v) is 3.73. The first kappa shape index (κ1) is 17.3. The lowest BCUT2D eigenvalue weighted by atomic mass is 10.1. The average Bonchev–Trinajstić information content (AvgIpc) is 2.83. The van der Waals surface area contributed by atoms with Gasteiger partial charge in [-0.2, -0.15) is 13.2 Å². The fourth-order valence-electron chi connectivity index (χ4n) is 2.55. The molecule has 1 N–H and O–H groups in total. The minimum absolute atomic E-state index is 0.0814. The van der Waals surface area contributed by atoms with Crippen LogP contribution in [0.25, 0.3) is 0 Å². The van der Waals surface area contributed by atoms with E-state index in [4.69, 9.17) is 0 Å². The molecule has 0 radical (unpaired) electrons. The van der Waals surface area contributed by atoms with Gasteiger partial charge in [-0.05, 0) is 12.0 Å². The van der Waals surface area contributed by atoms with Crippen LogP contribution in [0.3, 0.4) is 0 Å². The Morgan fingerprint density at radius 3 is 2.61 bits per heavy atom. The average molecular weight is 328 g/mol. The summed E-state index contributed by atoms with van der Waals surface area (Å²) in [6.07, 6.45) is -5.23.